The van der Waals surface area contributed by atoms with Crippen LogP contribution in [-0.4, -0.2) is 10.8 Å². The van der Waals surface area contributed by atoms with Gasteiger partial charge in [0.05, 0.1) is 11.1 Å². The number of nitrogens with two attached hydrogens (primary N) is 1. The van der Waals surface area contributed by atoms with Crippen molar-refractivity contribution in [2.75, 3.05) is 5.73 Å². The van der Waals surface area contributed by atoms with Crippen LogP contribution >= 0.6 is 15.9 Å². The van der Waals surface area contributed by atoms with Crippen LogP contribution in [0.15, 0.2) is 4.60 Å². The van der Waals surface area contributed by atoms with E-state index in [0.717, 1.165) is 0 Å². The number of pyridine rings is 1. The van der Waals surface area contributed by atoms with E-state index in [-0.39, 0.29) is 32.9 Å². The molecule has 1 rings (SSSR count). The van der Waals surface area contributed by atoms with Crippen LogP contribution in [-0.2, 0) is 0 Å². The molecule has 0 radical (unpaired) electrons. The lowest BCUT2D eigenvalue weighted by molar-refractivity contribution is 0.0857. The summed E-state index contributed by atoms with van der Waals surface area (Å²) < 4.78 is 0.175. The van der Waals surface area contributed by atoms with E-state index in [1.807, 2.05) is 12.1 Å². The Hall–Kier alpha value is -1.92. The summed E-state index contributed by atoms with van der Waals surface area (Å²) >= 11 is 3.08. The second-order valence-electron chi connectivity index (χ2n) is 4.72. The molecule has 0 bridgehead atoms. The standard InChI is InChI=1S/C12H11BrN4O/c1-12(2,3)9(18)8-6(4-14)10(13)17-11(16)7(8)5-15/h1-3H3,(H2,16,17). The van der Waals surface area contributed by atoms with Crippen molar-refractivity contribution in [1.29, 1.82) is 10.5 Å². The molecule has 0 aromatic carbocycles. The number of nitrogens with zero attached hydrogens (tertiary/aromatic N) is 3. The number of hydrogen-bond acceptors (Lipinski definition) is 5. The van der Waals surface area contributed by atoms with Gasteiger partial charge >= 0.3 is 0 Å². The first-order valence-electron chi connectivity index (χ1n) is 5.08. The third kappa shape index (κ3) is 2.34. The zero-order valence-corrected chi connectivity index (χ0v) is 11.8. The molecular weight excluding hydrogens is 296 g/mol. The Morgan fingerprint density at radius 3 is 2.17 bits per heavy atom. The average molecular weight is 307 g/mol. The van der Waals surface area contributed by atoms with E-state index in [4.69, 9.17) is 16.3 Å². The summed E-state index contributed by atoms with van der Waals surface area (Å²) in [6.07, 6.45) is 0. The first-order chi connectivity index (χ1) is 8.23. The maximum Gasteiger partial charge on any atom is 0.171 e. The van der Waals surface area contributed by atoms with Crippen molar-refractivity contribution < 1.29 is 4.79 Å². The molecule has 18 heavy (non-hydrogen) atoms. The third-order valence-electron chi connectivity index (χ3n) is 2.31. The van der Waals surface area contributed by atoms with Crippen LogP contribution in [0.4, 0.5) is 5.82 Å². The van der Waals surface area contributed by atoms with Gasteiger partial charge in [0.2, 0.25) is 0 Å². The van der Waals surface area contributed by atoms with Crippen molar-refractivity contribution in [2.45, 2.75) is 20.8 Å². The lowest BCUT2D eigenvalue weighted by atomic mass is 9.83. The molecule has 1 aromatic rings. The summed E-state index contributed by atoms with van der Waals surface area (Å²) in [5.74, 6) is -0.374. The molecule has 0 unspecified atom stereocenters. The number of nitriles is 2. The fourth-order valence-corrected chi connectivity index (χ4v) is 1.87. The van der Waals surface area contributed by atoms with Crippen molar-refractivity contribution in [3.63, 3.8) is 0 Å². The molecule has 2 N–H and O–H groups in total. The van der Waals surface area contributed by atoms with Crippen molar-refractivity contribution in [1.82, 2.24) is 4.98 Å². The normalized spacial score (nSPS) is 10.6. The molecule has 1 heterocycles. The van der Waals surface area contributed by atoms with Gasteiger partial charge in [-0.3, -0.25) is 4.79 Å². The minimum Gasteiger partial charge on any atom is -0.383 e. The summed E-state index contributed by atoms with van der Waals surface area (Å²) in [5, 5.41) is 18.2. The number of carbonyl (C=O) groups is 1. The molecule has 0 fully saturated rings. The lowest BCUT2D eigenvalue weighted by Crippen LogP contribution is -2.23. The molecule has 0 amide bonds. The van der Waals surface area contributed by atoms with E-state index < -0.39 is 5.41 Å². The van der Waals surface area contributed by atoms with Crippen LogP contribution in [0, 0.1) is 28.1 Å². The SMILES string of the molecule is CC(C)(C)C(=O)c1c(C#N)c(N)nc(Br)c1C#N. The zero-order valence-electron chi connectivity index (χ0n) is 10.2. The van der Waals surface area contributed by atoms with Gasteiger partial charge in [0.1, 0.15) is 28.1 Å². The molecule has 5 nitrogen and oxygen atoms in total. The number of halogens is 1. The van der Waals surface area contributed by atoms with Gasteiger partial charge in [0, 0.05) is 5.41 Å². The van der Waals surface area contributed by atoms with E-state index in [0.29, 0.717) is 0 Å². The third-order valence-corrected chi connectivity index (χ3v) is 2.89. The Morgan fingerprint density at radius 1 is 1.28 bits per heavy atom. The largest absolute Gasteiger partial charge is 0.383 e. The Balaban J connectivity index is 3.76. The van der Waals surface area contributed by atoms with Crippen molar-refractivity contribution in [3.8, 4) is 12.1 Å². The van der Waals surface area contributed by atoms with Crippen molar-refractivity contribution >= 4 is 27.5 Å². The minimum absolute atomic E-state index is 0.0341. The Kier molecular flexibility index (Phi) is 3.73. The quantitative estimate of drug-likeness (QED) is 0.633. The number of nitrogen functional groups attached to an aromatic ring is 1. The highest BCUT2D eigenvalue weighted by Crippen LogP contribution is 2.30. The second kappa shape index (κ2) is 4.75. The summed E-state index contributed by atoms with van der Waals surface area (Å²) in [6, 6.07) is 3.72. The zero-order chi connectivity index (χ0) is 14.1. The molecule has 0 atom stereocenters. The van der Waals surface area contributed by atoms with E-state index in [2.05, 4.69) is 20.9 Å². The monoisotopic (exact) mass is 306 g/mol. The highest BCUT2D eigenvalue weighted by molar-refractivity contribution is 9.10. The van der Waals surface area contributed by atoms with Crippen molar-refractivity contribution in [2.24, 2.45) is 5.41 Å². The lowest BCUT2D eigenvalue weighted by Gasteiger charge is -2.19. The Labute approximate surface area is 113 Å². The summed E-state index contributed by atoms with van der Waals surface area (Å²) in [5.41, 5.74) is 4.92. The number of Topliss-reactive ketones (excluding diaryl/α,β-unsaturated/α-hetero) is 1. The first kappa shape index (κ1) is 14.1. The number of hydrogen-bond donors (Lipinski definition) is 1. The van der Waals surface area contributed by atoms with Crippen LogP contribution in [0.25, 0.3) is 0 Å². The van der Waals surface area contributed by atoms with Gasteiger partial charge in [-0.1, -0.05) is 20.8 Å². The molecule has 0 saturated heterocycles. The second-order valence-corrected chi connectivity index (χ2v) is 5.47. The smallest absolute Gasteiger partial charge is 0.171 e. The van der Waals surface area contributed by atoms with Crippen LogP contribution in [0.2, 0.25) is 0 Å². The molecule has 0 aliphatic rings. The fraction of sp³-hybridized carbons (Fsp3) is 0.333. The van der Waals surface area contributed by atoms with Crippen molar-refractivity contribution in [3.05, 3.63) is 21.3 Å². The number of rotatable bonds is 1. The van der Waals surface area contributed by atoms with Crippen LogP contribution in [0.5, 0.6) is 0 Å². The average Bonchev–Trinajstić information content (AvgIpc) is 2.26. The first-order valence-corrected chi connectivity index (χ1v) is 5.87. The minimum atomic E-state index is -0.718. The summed E-state index contributed by atoms with van der Waals surface area (Å²) in [6.45, 7) is 5.13. The predicted octanol–water partition coefficient (Wildman–Crippen LogP) is 2.40. The van der Waals surface area contributed by atoms with Gasteiger partial charge < -0.3 is 5.73 Å². The number of ketones is 1. The number of anilines is 1. The topological polar surface area (TPSA) is 104 Å². The highest BCUT2D eigenvalue weighted by Gasteiger charge is 2.30. The molecule has 0 aliphatic carbocycles. The van der Waals surface area contributed by atoms with Gasteiger partial charge in [-0.15, -0.1) is 0 Å². The maximum absolute atomic E-state index is 12.3. The predicted molar refractivity (Wildman–Crippen MR) is 69.6 cm³/mol. The van der Waals surface area contributed by atoms with Gasteiger partial charge in [0.25, 0.3) is 0 Å². The van der Waals surface area contributed by atoms with E-state index in [9.17, 15) is 4.79 Å². The molecule has 0 spiro atoms. The van der Waals surface area contributed by atoms with Crippen LogP contribution < -0.4 is 5.73 Å². The fourth-order valence-electron chi connectivity index (χ4n) is 1.39. The van der Waals surface area contributed by atoms with E-state index in [1.54, 1.807) is 20.8 Å². The van der Waals surface area contributed by atoms with Gasteiger partial charge in [0.15, 0.2) is 5.78 Å². The molecule has 92 valence electrons. The van der Waals surface area contributed by atoms with E-state index >= 15 is 0 Å². The molecule has 0 aliphatic heterocycles. The van der Waals surface area contributed by atoms with Crippen LogP contribution in [0.1, 0.15) is 42.3 Å². The highest BCUT2D eigenvalue weighted by atomic mass is 79.9. The van der Waals surface area contributed by atoms with Gasteiger partial charge in [-0.2, -0.15) is 10.5 Å². The number of aromatic nitrogens is 1. The van der Waals surface area contributed by atoms with Crippen LogP contribution in [0.3, 0.4) is 0 Å². The molecule has 6 heteroatoms. The maximum atomic E-state index is 12.3. The molecule has 1 aromatic heterocycles. The molecule has 0 saturated carbocycles. The van der Waals surface area contributed by atoms with E-state index in [1.165, 1.54) is 0 Å². The van der Waals surface area contributed by atoms with Gasteiger partial charge in [-0.05, 0) is 15.9 Å². The summed E-state index contributed by atoms with van der Waals surface area (Å²) in [7, 11) is 0. The summed E-state index contributed by atoms with van der Waals surface area (Å²) in [4.78, 5) is 16.2. The Bertz CT molecular complexity index is 564. The van der Waals surface area contributed by atoms with Gasteiger partial charge in [-0.25, -0.2) is 4.98 Å². The Morgan fingerprint density at radius 2 is 1.78 bits per heavy atom. The number of carbonyl (C=O) groups excluding carboxylic acids is 1. The molecular formula is C12H11BrN4O.